The lowest BCUT2D eigenvalue weighted by Gasteiger charge is -2.13. The Labute approximate surface area is 145 Å². The number of nitrogens with one attached hydrogen (secondary N) is 1. The van der Waals surface area contributed by atoms with Crippen molar-refractivity contribution in [1.29, 1.82) is 0 Å². The number of allylic oxidation sites excluding steroid dienone is 1. The molecule has 0 bridgehead atoms. The van der Waals surface area contributed by atoms with Gasteiger partial charge < -0.3 is 9.88 Å². The van der Waals surface area contributed by atoms with Gasteiger partial charge in [0.25, 0.3) is 11.6 Å². The molecule has 1 heterocycles. The summed E-state index contributed by atoms with van der Waals surface area (Å²) in [6.45, 7) is 0.543. The van der Waals surface area contributed by atoms with Gasteiger partial charge >= 0.3 is 0 Å². The van der Waals surface area contributed by atoms with Crippen molar-refractivity contribution in [2.24, 2.45) is 0 Å². The van der Waals surface area contributed by atoms with Gasteiger partial charge in [-0.25, -0.2) is 4.98 Å². The third kappa shape index (κ3) is 4.12. The SMILES string of the molecule is O=C(NCCC1=CCCCC1)c1ccc(-n2ccnc2)c([N+](=O)[O-])c1. The molecule has 0 spiro atoms. The Kier molecular flexibility index (Phi) is 5.23. The first-order valence-corrected chi connectivity index (χ1v) is 8.38. The van der Waals surface area contributed by atoms with Gasteiger partial charge in [0.2, 0.25) is 0 Å². The number of benzene rings is 1. The highest BCUT2D eigenvalue weighted by Crippen LogP contribution is 2.24. The van der Waals surface area contributed by atoms with Gasteiger partial charge in [-0.2, -0.15) is 0 Å². The maximum absolute atomic E-state index is 12.3. The van der Waals surface area contributed by atoms with E-state index in [2.05, 4.69) is 16.4 Å². The largest absolute Gasteiger partial charge is 0.352 e. The van der Waals surface area contributed by atoms with Crippen LogP contribution >= 0.6 is 0 Å². The standard InChI is InChI=1S/C18H20N4O3/c23-18(20-9-8-14-4-2-1-3-5-14)15-6-7-16(17(12-15)22(24)25)21-11-10-19-13-21/h4,6-7,10-13H,1-3,5,8-9H2,(H,20,23). The molecular formula is C18H20N4O3. The molecular weight excluding hydrogens is 320 g/mol. The number of carbonyl (C=O) groups is 1. The van der Waals surface area contributed by atoms with Gasteiger partial charge in [-0.15, -0.1) is 0 Å². The second kappa shape index (κ2) is 7.74. The predicted octanol–water partition coefficient (Wildman–Crippen LogP) is 3.40. The van der Waals surface area contributed by atoms with Crippen LogP contribution in [-0.2, 0) is 0 Å². The quantitative estimate of drug-likeness (QED) is 0.496. The first kappa shape index (κ1) is 16.9. The topological polar surface area (TPSA) is 90.1 Å². The summed E-state index contributed by atoms with van der Waals surface area (Å²) in [4.78, 5) is 27.0. The maximum Gasteiger partial charge on any atom is 0.294 e. The van der Waals surface area contributed by atoms with Crippen molar-refractivity contribution < 1.29 is 9.72 Å². The molecule has 0 aliphatic heterocycles. The lowest BCUT2D eigenvalue weighted by atomic mass is 9.97. The molecule has 7 nitrogen and oxygen atoms in total. The molecule has 130 valence electrons. The molecule has 0 radical (unpaired) electrons. The van der Waals surface area contributed by atoms with Crippen LogP contribution < -0.4 is 5.32 Å². The number of aromatic nitrogens is 2. The summed E-state index contributed by atoms with van der Waals surface area (Å²) < 4.78 is 1.55. The molecule has 1 amide bonds. The van der Waals surface area contributed by atoms with Crippen LogP contribution in [0.15, 0.2) is 48.6 Å². The first-order chi connectivity index (χ1) is 12.1. The Bertz CT molecular complexity index is 797. The first-order valence-electron chi connectivity index (χ1n) is 8.38. The van der Waals surface area contributed by atoms with Gasteiger partial charge in [-0.05, 0) is 44.2 Å². The van der Waals surface area contributed by atoms with Crippen LogP contribution in [0.5, 0.6) is 0 Å². The van der Waals surface area contributed by atoms with E-state index in [0.29, 0.717) is 12.2 Å². The highest BCUT2D eigenvalue weighted by Gasteiger charge is 2.18. The molecule has 1 aromatic heterocycles. The zero-order valence-electron chi connectivity index (χ0n) is 13.9. The van der Waals surface area contributed by atoms with Crippen LogP contribution in [0.4, 0.5) is 5.69 Å². The van der Waals surface area contributed by atoms with Gasteiger partial charge in [-0.1, -0.05) is 11.6 Å². The number of nitrogens with zero attached hydrogens (tertiary/aromatic N) is 3. The van der Waals surface area contributed by atoms with Crippen molar-refractivity contribution in [3.8, 4) is 5.69 Å². The number of amides is 1. The molecule has 1 aromatic carbocycles. The predicted molar refractivity (Wildman–Crippen MR) is 93.7 cm³/mol. The van der Waals surface area contributed by atoms with E-state index in [0.717, 1.165) is 19.3 Å². The van der Waals surface area contributed by atoms with E-state index in [9.17, 15) is 14.9 Å². The molecule has 1 aliphatic rings. The second-order valence-corrected chi connectivity index (χ2v) is 6.04. The zero-order chi connectivity index (χ0) is 17.6. The van der Waals surface area contributed by atoms with E-state index >= 15 is 0 Å². The fourth-order valence-electron chi connectivity index (χ4n) is 3.00. The second-order valence-electron chi connectivity index (χ2n) is 6.04. The summed E-state index contributed by atoms with van der Waals surface area (Å²) in [6, 6.07) is 4.47. The number of nitro benzene ring substituents is 1. The zero-order valence-corrected chi connectivity index (χ0v) is 13.9. The highest BCUT2D eigenvalue weighted by molar-refractivity contribution is 5.95. The van der Waals surface area contributed by atoms with Crippen molar-refractivity contribution in [1.82, 2.24) is 14.9 Å². The number of hydrogen-bond acceptors (Lipinski definition) is 4. The Balaban J connectivity index is 1.69. The number of rotatable bonds is 6. The molecule has 1 aliphatic carbocycles. The minimum atomic E-state index is -0.487. The Hall–Kier alpha value is -2.96. The summed E-state index contributed by atoms with van der Waals surface area (Å²) in [7, 11) is 0. The summed E-state index contributed by atoms with van der Waals surface area (Å²) in [5.74, 6) is -0.295. The molecule has 7 heteroatoms. The molecule has 0 unspecified atom stereocenters. The normalized spacial score (nSPS) is 14.0. The van der Waals surface area contributed by atoms with Gasteiger partial charge in [-0.3, -0.25) is 14.9 Å². The van der Waals surface area contributed by atoms with Crippen molar-refractivity contribution in [3.63, 3.8) is 0 Å². The van der Waals surface area contributed by atoms with Crippen LogP contribution in [0, 0.1) is 10.1 Å². The fourth-order valence-corrected chi connectivity index (χ4v) is 3.00. The molecule has 0 atom stereocenters. The van der Waals surface area contributed by atoms with Crippen LogP contribution in [0.1, 0.15) is 42.5 Å². The van der Waals surface area contributed by atoms with Crippen molar-refractivity contribution >= 4 is 11.6 Å². The number of imidazole rings is 1. The summed E-state index contributed by atoms with van der Waals surface area (Å²) in [5.41, 5.74) is 1.92. The smallest absolute Gasteiger partial charge is 0.294 e. The fraction of sp³-hybridized carbons (Fsp3) is 0.333. The van der Waals surface area contributed by atoms with Gasteiger partial charge in [0.15, 0.2) is 0 Å². The maximum atomic E-state index is 12.3. The lowest BCUT2D eigenvalue weighted by molar-refractivity contribution is -0.384. The van der Waals surface area contributed by atoms with Gasteiger partial charge in [0.1, 0.15) is 5.69 Å². The third-order valence-corrected chi connectivity index (χ3v) is 4.33. The third-order valence-electron chi connectivity index (χ3n) is 4.33. The van der Waals surface area contributed by atoms with Crippen LogP contribution in [-0.4, -0.2) is 26.9 Å². The molecule has 1 N–H and O–H groups in total. The Morgan fingerprint density at radius 1 is 1.36 bits per heavy atom. The van der Waals surface area contributed by atoms with Gasteiger partial charge in [0.05, 0.1) is 11.3 Å². The minimum absolute atomic E-state index is 0.124. The van der Waals surface area contributed by atoms with E-state index < -0.39 is 4.92 Å². The van der Waals surface area contributed by atoms with Crippen LogP contribution in [0.25, 0.3) is 5.69 Å². The van der Waals surface area contributed by atoms with Crippen molar-refractivity contribution in [2.75, 3.05) is 6.54 Å². The van der Waals surface area contributed by atoms with E-state index in [1.807, 2.05) is 0 Å². The van der Waals surface area contributed by atoms with E-state index in [-0.39, 0.29) is 17.2 Å². The van der Waals surface area contributed by atoms with Crippen molar-refractivity contribution in [2.45, 2.75) is 32.1 Å². The number of nitro groups is 1. The molecule has 0 saturated carbocycles. The Morgan fingerprint density at radius 2 is 2.24 bits per heavy atom. The summed E-state index contributed by atoms with van der Waals surface area (Å²) in [6.07, 6.45) is 12.4. The van der Waals surface area contributed by atoms with Crippen molar-refractivity contribution in [3.05, 3.63) is 64.2 Å². The highest BCUT2D eigenvalue weighted by atomic mass is 16.6. The summed E-state index contributed by atoms with van der Waals surface area (Å²) in [5, 5.41) is 14.2. The van der Waals surface area contributed by atoms with E-state index in [1.54, 1.807) is 29.1 Å². The van der Waals surface area contributed by atoms with Crippen LogP contribution in [0.2, 0.25) is 0 Å². The average Bonchev–Trinajstić information content (AvgIpc) is 3.16. The van der Waals surface area contributed by atoms with E-state index in [4.69, 9.17) is 0 Å². The lowest BCUT2D eigenvalue weighted by Crippen LogP contribution is -2.25. The van der Waals surface area contributed by atoms with E-state index in [1.165, 1.54) is 30.8 Å². The molecule has 3 rings (SSSR count). The molecule has 2 aromatic rings. The van der Waals surface area contributed by atoms with Gasteiger partial charge in [0, 0.05) is 30.6 Å². The molecule has 0 fully saturated rings. The molecule has 0 saturated heterocycles. The Morgan fingerprint density at radius 3 is 2.92 bits per heavy atom. The van der Waals surface area contributed by atoms with Crippen LogP contribution in [0.3, 0.4) is 0 Å². The number of hydrogen-bond donors (Lipinski definition) is 1. The minimum Gasteiger partial charge on any atom is -0.352 e. The number of carbonyl (C=O) groups excluding carboxylic acids is 1. The average molecular weight is 340 g/mol. The molecule has 25 heavy (non-hydrogen) atoms. The monoisotopic (exact) mass is 340 g/mol. The summed E-state index contributed by atoms with van der Waals surface area (Å²) >= 11 is 0.